The Kier molecular flexibility index (Phi) is 3.46. The molecule has 0 radical (unpaired) electrons. The minimum Gasteiger partial charge on any atom is -0.469 e. The lowest BCUT2D eigenvalue weighted by Crippen LogP contribution is -2.04. The maximum atomic E-state index is 11.2. The van der Waals surface area contributed by atoms with Crippen molar-refractivity contribution in [3.63, 3.8) is 0 Å². The Hall–Kier alpha value is -0.350. The van der Waals surface area contributed by atoms with Crippen LogP contribution < -0.4 is 0 Å². The van der Waals surface area contributed by atoms with Crippen LogP contribution in [0.15, 0.2) is 15.9 Å². The minimum atomic E-state index is -0.0349. The maximum Gasteiger partial charge on any atom is 0.308 e. The number of ether oxygens (including phenoxy) is 1. The molecule has 0 amide bonds. The topological polar surface area (TPSA) is 26.3 Å². The van der Waals surface area contributed by atoms with Gasteiger partial charge < -0.3 is 4.74 Å². The molecular weight excluding hydrogens is 276 g/mol. The summed E-state index contributed by atoms with van der Waals surface area (Å²) in [5.74, 6) is 0.698. The van der Waals surface area contributed by atoms with Gasteiger partial charge in [-0.05, 0) is 53.2 Å². The first-order valence-corrected chi connectivity index (χ1v) is 6.63. The largest absolute Gasteiger partial charge is 0.469 e. The van der Waals surface area contributed by atoms with Crippen LogP contribution in [0.2, 0.25) is 0 Å². The molecule has 4 heteroatoms. The summed E-state index contributed by atoms with van der Waals surface area (Å²) in [6, 6.07) is 4.22. The summed E-state index contributed by atoms with van der Waals surface area (Å²) in [5, 5.41) is 0. The summed E-state index contributed by atoms with van der Waals surface area (Å²) >= 11 is 5.22. The molecule has 15 heavy (non-hydrogen) atoms. The van der Waals surface area contributed by atoms with Crippen LogP contribution in [0.1, 0.15) is 17.7 Å². The first-order chi connectivity index (χ1) is 7.20. The SMILES string of the molecule is COC(=O)C1CC1CCc1ccc(Br)s1. The van der Waals surface area contributed by atoms with E-state index >= 15 is 0 Å². The van der Waals surface area contributed by atoms with Crippen molar-refractivity contribution in [2.45, 2.75) is 19.3 Å². The number of carbonyl (C=O) groups is 1. The van der Waals surface area contributed by atoms with Gasteiger partial charge in [-0.25, -0.2) is 0 Å². The zero-order chi connectivity index (χ0) is 10.8. The van der Waals surface area contributed by atoms with E-state index in [-0.39, 0.29) is 11.9 Å². The van der Waals surface area contributed by atoms with E-state index in [1.165, 1.54) is 15.8 Å². The molecule has 0 bridgehead atoms. The van der Waals surface area contributed by atoms with Crippen LogP contribution >= 0.6 is 27.3 Å². The molecule has 2 atom stereocenters. The predicted octanol–water partition coefficient (Wildman–Crippen LogP) is 3.25. The molecule has 2 rings (SSSR count). The second-order valence-electron chi connectivity index (χ2n) is 3.87. The van der Waals surface area contributed by atoms with E-state index < -0.39 is 0 Å². The molecule has 1 aromatic rings. The lowest BCUT2D eigenvalue weighted by Gasteiger charge is -1.97. The van der Waals surface area contributed by atoms with Crippen molar-refractivity contribution in [1.29, 1.82) is 0 Å². The normalized spacial score (nSPS) is 23.9. The van der Waals surface area contributed by atoms with Crippen LogP contribution in [0.25, 0.3) is 0 Å². The first kappa shape index (κ1) is 11.1. The van der Waals surface area contributed by atoms with Crippen LogP contribution in [0, 0.1) is 11.8 Å². The Labute approximate surface area is 102 Å². The number of hydrogen-bond acceptors (Lipinski definition) is 3. The smallest absolute Gasteiger partial charge is 0.308 e. The highest BCUT2D eigenvalue weighted by molar-refractivity contribution is 9.11. The highest BCUT2D eigenvalue weighted by atomic mass is 79.9. The van der Waals surface area contributed by atoms with Crippen LogP contribution in [0.3, 0.4) is 0 Å². The van der Waals surface area contributed by atoms with Gasteiger partial charge in [-0.3, -0.25) is 4.79 Å². The summed E-state index contributed by atoms with van der Waals surface area (Å²) in [4.78, 5) is 12.6. The average molecular weight is 289 g/mol. The zero-order valence-electron chi connectivity index (χ0n) is 8.53. The van der Waals surface area contributed by atoms with E-state index in [2.05, 4.69) is 28.1 Å². The van der Waals surface area contributed by atoms with Crippen LogP contribution in [0.4, 0.5) is 0 Å². The fourth-order valence-corrected chi connectivity index (χ4v) is 3.32. The third-order valence-electron chi connectivity index (χ3n) is 2.82. The summed E-state index contributed by atoms with van der Waals surface area (Å²) in [7, 11) is 1.47. The van der Waals surface area contributed by atoms with Crippen LogP contribution in [0.5, 0.6) is 0 Å². The molecule has 0 saturated heterocycles. The van der Waals surface area contributed by atoms with Gasteiger partial charge in [0.05, 0.1) is 16.8 Å². The number of carbonyl (C=O) groups excluding carboxylic acids is 1. The van der Waals surface area contributed by atoms with Crippen LogP contribution in [-0.4, -0.2) is 13.1 Å². The number of halogens is 1. The number of thiophene rings is 1. The van der Waals surface area contributed by atoms with Gasteiger partial charge in [0.25, 0.3) is 0 Å². The Balaban J connectivity index is 1.75. The van der Waals surface area contributed by atoms with Gasteiger partial charge in [-0.15, -0.1) is 11.3 Å². The van der Waals surface area contributed by atoms with Crippen molar-refractivity contribution in [1.82, 2.24) is 0 Å². The van der Waals surface area contributed by atoms with E-state index in [4.69, 9.17) is 4.74 Å². The summed E-state index contributed by atoms with van der Waals surface area (Å²) in [6.07, 6.45) is 3.19. The zero-order valence-corrected chi connectivity index (χ0v) is 10.9. The maximum absolute atomic E-state index is 11.2. The highest BCUT2D eigenvalue weighted by Crippen LogP contribution is 2.43. The highest BCUT2D eigenvalue weighted by Gasteiger charge is 2.43. The second-order valence-corrected chi connectivity index (χ2v) is 6.42. The Morgan fingerprint density at radius 2 is 2.47 bits per heavy atom. The quantitative estimate of drug-likeness (QED) is 0.795. The van der Waals surface area contributed by atoms with E-state index in [0.29, 0.717) is 5.92 Å². The lowest BCUT2D eigenvalue weighted by molar-refractivity contribution is -0.142. The van der Waals surface area contributed by atoms with E-state index in [9.17, 15) is 4.79 Å². The van der Waals surface area contributed by atoms with Gasteiger partial charge in [-0.2, -0.15) is 0 Å². The van der Waals surface area contributed by atoms with Crippen molar-refractivity contribution in [2.24, 2.45) is 11.8 Å². The predicted molar refractivity (Wildman–Crippen MR) is 64.0 cm³/mol. The molecule has 0 spiro atoms. The van der Waals surface area contributed by atoms with Gasteiger partial charge >= 0.3 is 5.97 Å². The lowest BCUT2D eigenvalue weighted by atomic mass is 10.1. The van der Waals surface area contributed by atoms with Crippen molar-refractivity contribution in [2.75, 3.05) is 7.11 Å². The van der Waals surface area contributed by atoms with Crippen LogP contribution in [-0.2, 0) is 16.0 Å². The van der Waals surface area contributed by atoms with Crippen molar-refractivity contribution >= 4 is 33.2 Å². The molecule has 2 nitrogen and oxygen atoms in total. The number of rotatable bonds is 4. The number of hydrogen-bond donors (Lipinski definition) is 0. The van der Waals surface area contributed by atoms with Gasteiger partial charge in [0.15, 0.2) is 0 Å². The first-order valence-electron chi connectivity index (χ1n) is 5.02. The van der Waals surface area contributed by atoms with Crippen molar-refractivity contribution in [3.05, 3.63) is 20.8 Å². The van der Waals surface area contributed by atoms with E-state index in [0.717, 1.165) is 19.3 Å². The molecule has 82 valence electrons. The molecule has 2 unspecified atom stereocenters. The average Bonchev–Trinajstić information content (AvgIpc) is 2.90. The molecule has 1 heterocycles. The molecule has 1 aromatic heterocycles. The third-order valence-corrected chi connectivity index (χ3v) is 4.50. The van der Waals surface area contributed by atoms with Gasteiger partial charge in [-0.1, -0.05) is 0 Å². The molecule has 1 aliphatic carbocycles. The third kappa shape index (κ3) is 2.82. The molecule has 0 N–H and O–H groups in total. The van der Waals surface area contributed by atoms with E-state index in [1.807, 2.05) is 0 Å². The molecule has 0 aromatic carbocycles. The summed E-state index contributed by atoms with van der Waals surface area (Å²) in [5.41, 5.74) is 0. The van der Waals surface area contributed by atoms with Gasteiger partial charge in [0.2, 0.25) is 0 Å². The number of methoxy groups -OCH3 is 1. The Morgan fingerprint density at radius 1 is 1.67 bits per heavy atom. The Morgan fingerprint density at radius 3 is 3.07 bits per heavy atom. The molecular formula is C11H13BrO2S. The molecule has 1 saturated carbocycles. The second kappa shape index (κ2) is 4.66. The van der Waals surface area contributed by atoms with Gasteiger partial charge in [0, 0.05) is 4.88 Å². The fraction of sp³-hybridized carbons (Fsp3) is 0.545. The Bertz CT molecular complexity index is 361. The van der Waals surface area contributed by atoms with E-state index in [1.54, 1.807) is 11.3 Å². The fourth-order valence-electron chi connectivity index (χ4n) is 1.82. The number of esters is 1. The summed E-state index contributed by atoms with van der Waals surface area (Å²) < 4.78 is 5.90. The monoisotopic (exact) mass is 288 g/mol. The number of aryl methyl sites for hydroxylation is 1. The summed E-state index contributed by atoms with van der Waals surface area (Å²) in [6.45, 7) is 0. The standard InChI is InChI=1S/C11H13BrO2S/c1-14-11(13)9-6-7(9)2-3-8-4-5-10(12)15-8/h4-5,7,9H,2-3,6H2,1H3. The van der Waals surface area contributed by atoms with Crippen molar-refractivity contribution < 1.29 is 9.53 Å². The molecule has 1 aliphatic rings. The molecule has 1 fully saturated rings. The van der Waals surface area contributed by atoms with Gasteiger partial charge in [0.1, 0.15) is 0 Å². The molecule has 0 aliphatic heterocycles. The van der Waals surface area contributed by atoms with Crippen molar-refractivity contribution in [3.8, 4) is 0 Å². The minimum absolute atomic E-state index is 0.0349.